The number of rotatable bonds is 8. The van der Waals surface area contributed by atoms with Gasteiger partial charge in [-0.2, -0.15) is 5.26 Å². The van der Waals surface area contributed by atoms with Crippen molar-refractivity contribution in [2.75, 3.05) is 34.4 Å². The lowest BCUT2D eigenvalue weighted by Gasteiger charge is -2.19. The van der Waals surface area contributed by atoms with Gasteiger partial charge in [0, 0.05) is 23.6 Å². The molecule has 0 aliphatic heterocycles. The predicted octanol–water partition coefficient (Wildman–Crippen LogP) is 2.18. The molecule has 8 nitrogen and oxygen atoms in total. The number of nitrogens with one attached hydrogen (secondary N) is 1. The lowest BCUT2D eigenvalue weighted by molar-refractivity contribution is 0.321. The maximum Gasteiger partial charge on any atom is 0.203 e. The Labute approximate surface area is 122 Å². The zero-order valence-corrected chi connectivity index (χ0v) is 12.2. The Morgan fingerprint density at radius 3 is 2.52 bits per heavy atom. The van der Waals surface area contributed by atoms with E-state index in [-0.39, 0.29) is 6.54 Å². The van der Waals surface area contributed by atoms with Crippen LogP contribution in [-0.4, -0.2) is 34.4 Å². The molecule has 0 heterocycles. The van der Waals surface area contributed by atoms with Crippen molar-refractivity contribution in [1.29, 1.82) is 5.26 Å². The molecule has 1 rings (SSSR count). The molecule has 0 spiro atoms. The van der Waals surface area contributed by atoms with E-state index < -0.39 is 6.04 Å². The molecule has 21 heavy (non-hydrogen) atoms. The minimum atomic E-state index is -0.617. The van der Waals surface area contributed by atoms with Gasteiger partial charge in [-0.15, -0.1) is 0 Å². The van der Waals surface area contributed by atoms with Gasteiger partial charge in [-0.3, -0.25) is 5.32 Å². The van der Waals surface area contributed by atoms with E-state index in [0.717, 1.165) is 0 Å². The predicted molar refractivity (Wildman–Crippen MR) is 76.5 cm³/mol. The minimum Gasteiger partial charge on any atom is -0.493 e. The van der Waals surface area contributed by atoms with Gasteiger partial charge in [-0.05, 0) is 17.7 Å². The van der Waals surface area contributed by atoms with Crippen LogP contribution in [0.1, 0.15) is 11.6 Å². The molecule has 0 amide bonds. The second kappa shape index (κ2) is 8.53. The zero-order chi connectivity index (χ0) is 15.7. The summed E-state index contributed by atoms with van der Waals surface area (Å²) in [5.74, 6) is 1.37. The fourth-order valence-electron chi connectivity index (χ4n) is 1.88. The van der Waals surface area contributed by atoms with Crippen molar-refractivity contribution in [1.82, 2.24) is 5.32 Å². The molecule has 1 atom stereocenters. The second-order valence-corrected chi connectivity index (χ2v) is 3.89. The van der Waals surface area contributed by atoms with Crippen molar-refractivity contribution in [3.63, 3.8) is 0 Å². The van der Waals surface area contributed by atoms with Crippen LogP contribution < -0.4 is 19.5 Å². The van der Waals surface area contributed by atoms with Gasteiger partial charge in [-0.1, -0.05) is 5.11 Å². The molecule has 0 radical (unpaired) electrons. The Kier molecular flexibility index (Phi) is 6.68. The number of azide groups is 1. The van der Waals surface area contributed by atoms with Gasteiger partial charge in [0.15, 0.2) is 11.5 Å². The largest absolute Gasteiger partial charge is 0.493 e. The average molecular weight is 291 g/mol. The standard InChI is InChI=1S/C13H17N5O3/c1-19-11-5-4-9(12(20-2)13(11)21-3)10(8-14)16-6-7-17-18-15/h4-5,10,16H,6-7H2,1-3H3. The zero-order valence-electron chi connectivity index (χ0n) is 12.2. The summed E-state index contributed by atoms with van der Waals surface area (Å²) in [7, 11) is 4.52. The maximum absolute atomic E-state index is 9.30. The molecule has 8 heteroatoms. The highest BCUT2D eigenvalue weighted by Gasteiger charge is 2.21. The molecule has 112 valence electrons. The van der Waals surface area contributed by atoms with Gasteiger partial charge in [0.2, 0.25) is 5.75 Å². The molecule has 1 unspecified atom stereocenters. The van der Waals surface area contributed by atoms with Crippen molar-refractivity contribution < 1.29 is 14.2 Å². The Hall–Kier alpha value is -2.62. The third-order valence-corrected chi connectivity index (χ3v) is 2.80. The van der Waals surface area contributed by atoms with Crippen LogP contribution in [0, 0.1) is 11.3 Å². The molecule has 0 saturated carbocycles. The molecule has 1 N–H and O–H groups in total. The molecular formula is C13H17N5O3. The van der Waals surface area contributed by atoms with Gasteiger partial charge in [-0.25, -0.2) is 0 Å². The minimum absolute atomic E-state index is 0.254. The highest BCUT2D eigenvalue weighted by molar-refractivity contribution is 5.57. The van der Waals surface area contributed by atoms with Crippen molar-refractivity contribution in [3.8, 4) is 23.3 Å². The maximum atomic E-state index is 9.30. The highest BCUT2D eigenvalue weighted by Crippen LogP contribution is 2.41. The molecule has 0 aliphatic carbocycles. The Morgan fingerprint density at radius 2 is 2.00 bits per heavy atom. The fourth-order valence-corrected chi connectivity index (χ4v) is 1.88. The van der Waals surface area contributed by atoms with Crippen molar-refractivity contribution in [3.05, 3.63) is 28.1 Å². The van der Waals surface area contributed by atoms with E-state index >= 15 is 0 Å². The summed E-state index contributed by atoms with van der Waals surface area (Å²) in [6.07, 6.45) is 0. The number of nitrogens with zero attached hydrogens (tertiary/aromatic N) is 4. The summed E-state index contributed by atoms with van der Waals surface area (Å²) < 4.78 is 15.8. The Morgan fingerprint density at radius 1 is 1.29 bits per heavy atom. The average Bonchev–Trinajstić information content (AvgIpc) is 2.53. The summed E-state index contributed by atoms with van der Waals surface area (Å²) >= 11 is 0. The monoisotopic (exact) mass is 291 g/mol. The lowest BCUT2D eigenvalue weighted by atomic mass is 10.1. The Bertz CT molecular complexity index is 564. The molecule has 0 bridgehead atoms. The van der Waals surface area contributed by atoms with E-state index in [2.05, 4.69) is 21.4 Å². The summed E-state index contributed by atoms with van der Waals surface area (Å²) in [6.45, 7) is 0.629. The van der Waals surface area contributed by atoms with Crippen LogP contribution in [0.2, 0.25) is 0 Å². The highest BCUT2D eigenvalue weighted by atomic mass is 16.5. The third-order valence-electron chi connectivity index (χ3n) is 2.80. The number of methoxy groups -OCH3 is 3. The topological polar surface area (TPSA) is 112 Å². The lowest BCUT2D eigenvalue weighted by Crippen LogP contribution is -2.23. The first-order valence-corrected chi connectivity index (χ1v) is 6.16. The van der Waals surface area contributed by atoms with E-state index in [0.29, 0.717) is 29.4 Å². The summed E-state index contributed by atoms with van der Waals surface area (Å²) in [4.78, 5) is 2.66. The molecule has 0 aliphatic rings. The second-order valence-electron chi connectivity index (χ2n) is 3.89. The van der Waals surface area contributed by atoms with Crippen LogP contribution >= 0.6 is 0 Å². The van der Waals surface area contributed by atoms with Crippen LogP contribution in [0.3, 0.4) is 0 Å². The number of hydrogen-bond donors (Lipinski definition) is 1. The van der Waals surface area contributed by atoms with Crippen LogP contribution in [0.4, 0.5) is 0 Å². The van der Waals surface area contributed by atoms with E-state index in [1.54, 1.807) is 12.1 Å². The number of ether oxygens (including phenoxy) is 3. The molecule has 0 fully saturated rings. The smallest absolute Gasteiger partial charge is 0.203 e. The number of hydrogen-bond acceptors (Lipinski definition) is 6. The van der Waals surface area contributed by atoms with Crippen LogP contribution in [-0.2, 0) is 0 Å². The quantitative estimate of drug-likeness (QED) is 0.341. The summed E-state index contributed by atoms with van der Waals surface area (Å²) in [5.41, 5.74) is 8.85. The fraction of sp³-hybridized carbons (Fsp3) is 0.462. The summed E-state index contributed by atoms with van der Waals surface area (Å²) in [5, 5.41) is 15.7. The first-order valence-electron chi connectivity index (χ1n) is 6.16. The van der Waals surface area contributed by atoms with Crippen molar-refractivity contribution in [2.24, 2.45) is 5.11 Å². The van der Waals surface area contributed by atoms with Gasteiger partial charge >= 0.3 is 0 Å². The van der Waals surface area contributed by atoms with Gasteiger partial charge in [0.1, 0.15) is 6.04 Å². The van der Waals surface area contributed by atoms with Crippen molar-refractivity contribution >= 4 is 0 Å². The van der Waals surface area contributed by atoms with E-state index in [1.165, 1.54) is 21.3 Å². The van der Waals surface area contributed by atoms with Crippen LogP contribution in [0.15, 0.2) is 17.2 Å². The summed E-state index contributed by atoms with van der Waals surface area (Å²) in [6, 6.07) is 4.95. The molecule has 0 saturated heterocycles. The molecule has 1 aromatic rings. The van der Waals surface area contributed by atoms with Gasteiger partial charge < -0.3 is 14.2 Å². The first kappa shape index (κ1) is 16.4. The van der Waals surface area contributed by atoms with Crippen LogP contribution in [0.25, 0.3) is 10.4 Å². The molecule has 0 aromatic heterocycles. The molecule has 1 aromatic carbocycles. The first-order chi connectivity index (χ1) is 10.2. The number of nitriles is 1. The van der Waals surface area contributed by atoms with Crippen molar-refractivity contribution in [2.45, 2.75) is 6.04 Å². The third kappa shape index (κ3) is 3.92. The number of benzene rings is 1. The van der Waals surface area contributed by atoms with Gasteiger partial charge in [0.25, 0.3) is 0 Å². The van der Waals surface area contributed by atoms with E-state index in [9.17, 15) is 5.26 Å². The van der Waals surface area contributed by atoms with E-state index in [1.807, 2.05) is 0 Å². The SMILES string of the molecule is COc1ccc(C(C#N)NCCN=[N+]=[N-])c(OC)c1OC. The molecular weight excluding hydrogens is 274 g/mol. The Balaban J connectivity index is 3.09. The van der Waals surface area contributed by atoms with E-state index in [4.69, 9.17) is 19.7 Å². The normalized spacial score (nSPS) is 11.0. The van der Waals surface area contributed by atoms with Gasteiger partial charge in [0.05, 0.1) is 27.4 Å². The van der Waals surface area contributed by atoms with Crippen LogP contribution in [0.5, 0.6) is 17.2 Å².